The summed E-state index contributed by atoms with van der Waals surface area (Å²) >= 11 is 0. The number of carbonyl (C=O) groups is 1. The summed E-state index contributed by atoms with van der Waals surface area (Å²) in [5.74, 6) is -1.99. The molecule has 1 heterocycles. The zero-order valence-corrected chi connectivity index (χ0v) is 11.7. The molecule has 0 spiro atoms. The van der Waals surface area contributed by atoms with Crippen molar-refractivity contribution < 1.29 is 27.4 Å². The van der Waals surface area contributed by atoms with Crippen molar-refractivity contribution in [3.8, 4) is 17.0 Å². The molecule has 122 valence electrons. The Kier molecular flexibility index (Phi) is 4.25. The second kappa shape index (κ2) is 5.99. The zero-order valence-electron chi connectivity index (χ0n) is 11.7. The third-order valence-electron chi connectivity index (χ3n) is 2.70. The lowest BCUT2D eigenvalue weighted by Crippen LogP contribution is -2.18. The summed E-state index contributed by atoms with van der Waals surface area (Å²) in [4.78, 5) is 19.2. The quantitative estimate of drug-likeness (QED) is 0.828. The summed E-state index contributed by atoms with van der Waals surface area (Å²) in [6.45, 7) is 0. The average Bonchev–Trinajstić information content (AvgIpc) is 2.46. The Bertz CT molecular complexity index is 750. The van der Waals surface area contributed by atoms with E-state index in [1.54, 1.807) is 0 Å². The number of esters is 1. The normalized spacial score (nSPS) is 11.1. The molecule has 23 heavy (non-hydrogen) atoms. The largest absolute Gasteiger partial charge is 0.573 e. The highest BCUT2D eigenvalue weighted by Gasteiger charge is 2.32. The number of aromatic nitrogens is 2. The van der Waals surface area contributed by atoms with Gasteiger partial charge in [0.1, 0.15) is 11.4 Å². The molecule has 0 radical (unpaired) electrons. The van der Waals surface area contributed by atoms with Crippen LogP contribution < -0.4 is 16.2 Å². The van der Waals surface area contributed by atoms with Crippen molar-refractivity contribution in [2.75, 3.05) is 18.6 Å². The molecule has 0 fully saturated rings. The average molecular weight is 328 g/mol. The second-order valence-corrected chi connectivity index (χ2v) is 4.23. The third kappa shape index (κ3) is 3.59. The number of carbonyl (C=O) groups excluding carboxylic acids is 1. The highest BCUT2D eigenvalue weighted by Crippen LogP contribution is 2.35. The van der Waals surface area contributed by atoms with Crippen molar-refractivity contribution in [2.24, 2.45) is 0 Å². The van der Waals surface area contributed by atoms with Crippen molar-refractivity contribution in [1.29, 1.82) is 0 Å². The van der Waals surface area contributed by atoms with Gasteiger partial charge in [-0.15, -0.1) is 13.2 Å². The van der Waals surface area contributed by atoms with E-state index >= 15 is 0 Å². The number of nitrogens with two attached hydrogens (primary N) is 2. The van der Waals surface area contributed by atoms with Gasteiger partial charge < -0.3 is 20.9 Å². The van der Waals surface area contributed by atoms with E-state index in [0.717, 1.165) is 13.2 Å². The van der Waals surface area contributed by atoms with Crippen molar-refractivity contribution in [2.45, 2.75) is 6.36 Å². The molecule has 0 bridgehead atoms. The van der Waals surface area contributed by atoms with Crippen molar-refractivity contribution >= 4 is 17.6 Å². The van der Waals surface area contributed by atoms with Crippen LogP contribution in [0.3, 0.4) is 0 Å². The van der Waals surface area contributed by atoms with Gasteiger partial charge in [0.15, 0.2) is 17.3 Å². The number of ether oxygens (including phenoxy) is 2. The molecule has 0 amide bonds. The van der Waals surface area contributed by atoms with Crippen LogP contribution in [0.15, 0.2) is 24.3 Å². The first-order valence-corrected chi connectivity index (χ1v) is 6.09. The van der Waals surface area contributed by atoms with E-state index in [1.807, 2.05) is 0 Å². The molecule has 0 atom stereocenters. The predicted molar refractivity (Wildman–Crippen MR) is 74.3 cm³/mol. The van der Waals surface area contributed by atoms with Gasteiger partial charge in [0.25, 0.3) is 0 Å². The maximum absolute atomic E-state index is 12.5. The maximum atomic E-state index is 12.5. The molecule has 2 aromatic rings. The lowest BCUT2D eigenvalue weighted by atomic mass is 10.1. The summed E-state index contributed by atoms with van der Waals surface area (Å²) in [5.41, 5.74) is 10.5. The molecule has 4 N–H and O–H groups in total. The molecule has 0 saturated heterocycles. The number of hydrogen-bond acceptors (Lipinski definition) is 7. The summed E-state index contributed by atoms with van der Waals surface area (Å²) in [6.07, 6.45) is -4.91. The first-order chi connectivity index (χ1) is 10.7. The number of nitrogen functional groups attached to an aromatic ring is 2. The fraction of sp³-hybridized carbons (Fsp3) is 0.154. The van der Waals surface area contributed by atoms with Gasteiger partial charge in [0.2, 0.25) is 0 Å². The minimum absolute atomic E-state index is 0.0972. The Morgan fingerprint density at radius 1 is 1.13 bits per heavy atom. The Labute approximate surface area is 128 Å². The number of halogens is 3. The van der Waals surface area contributed by atoms with Crippen LogP contribution in [0.2, 0.25) is 0 Å². The Morgan fingerprint density at radius 2 is 1.78 bits per heavy atom. The summed E-state index contributed by atoms with van der Waals surface area (Å²) in [5, 5.41) is 0. The highest BCUT2D eigenvalue weighted by atomic mass is 19.4. The van der Waals surface area contributed by atoms with Gasteiger partial charge in [-0.3, -0.25) is 0 Å². The lowest BCUT2D eigenvalue weighted by molar-refractivity contribution is -0.274. The number of benzene rings is 1. The van der Waals surface area contributed by atoms with Gasteiger partial charge in [-0.05, 0) is 12.1 Å². The molecule has 7 nitrogen and oxygen atoms in total. The highest BCUT2D eigenvalue weighted by molar-refractivity contribution is 5.93. The Morgan fingerprint density at radius 3 is 2.39 bits per heavy atom. The summed E-state index contributed by atoms with van der Waals surface area (Å²) in [7, 11) is 1.10. The first kappa shape index (κ1) is 16.3. The minimum Gasteiger partial charge on any atom is -0.464 e. The van der Waals surface area contributed by atoms with E-state index in [9.17, 15) is 18.0 Å². The van der Waals surface area contributed by atoms with Crippen LogP contribution in [0.1, 0.15) is 10.5 Å². The lowest BCUT2D eigenvalue weighted by Gasteiger charge is -2.14. The number of hydrogen-bond donors (Lipinski definition) is 2. The van der Waals surface area contributed by atoms with Crippen LogP contribution >= 0.6 is 0 Å². The van der Waals surface area contributed by atoms with E-state index in [0.29, 0.717) is 0 Å². The van der Waals surface area contributed by atoms with Crippen LogP contribution in [-0.2, 0) is 4.74 Å². The van der Waals surface area contributed by atoms with Gasteiger partial charge in [-0.25, -0.2) is 14.8 Å². The predicted octanol–water partition coefficient (Wildman–Crippen LogP) is 1.99. The summed E-state index contributed by atoms with van der Waals surface area (Å²) < 4.78 is 45.9. The maximum Gasteiger partial charge on any atom is 0.573 e. The molecular weight excluding hydrogens is 317 g/mol. The standard InChI is InChI=1S/C13H11F3N4O3/c1-22-12(21)9-11(18)20-10(17)8(19-9)6-4-2-3-5-7(6)23-13(14,15)16/h2-5H,1H3,(H4,17,18,20). The third-order valence-corrected chi connectivity index (χ3v) is 2.70. The van der Waals surface area contributed by atoms with Crippen LogP contribution in [0.25, 0.3) is 11.3 Å². The number of alkyl halides is 3. The second-order valence-electron chi connectivity index (χ2n) is 4.23. The SMILES string of the molecule is COC(=O)c1nc(-c2ccccc2OC(F)(F)F)c(N)nc1N. The molecule has 0 aliphatic heterocycles. The van der Waals surface area contributed by atoms with E-state index < -0.39 is 18.1 Å². The van der Waals surface area contributed by atoms with Gasteiger partial charge in [0.05, 0.1) is 7.11 Å². The number of rotatable bonds is 3. The van der Waals surface area contributed by atoms with Crippen molar-refractivity contribution in [1.82, 2.24) is 9.97 Å². The van der Waals surface area contributed by atoms with Gasteiger partial charge in [-0.1, -0.05) is 12.1 Å². The molecule has 10 heteroatoms. The molecule has 0 aliphatic carbocycles. The number of anilines is 2. The number of nitrogens with zero attached hydrogens (tertiary/aromatic N) is 2. The van der Waals surface area contributed by atoms with E-state index in [4.69, 9.17) is 11.5 Å². The molecule has 1 aromatic heterocycles. The van der Waals surface area contributed by atoms with E-state index in [2.05, 4.69) is 19.4 Å². The number of methoxy groups -OCH3 is 1. The van der Waals surface area contributed by atoms with Crippen LogP contribution in [-0.4, -0.2) is 29.4 Å². The number of para-hydroxylation sites is 1. The molecule has 2 rings (SSSR count). The Hall–Kier alpha value is -3.04. The first-order valence-electron chi connectivity index (χ1n) is 6.09. The van der Waals surface area contributed by atoms with E-state index in [1.165, 1.54) is 18.2 Å². The smallest absolute Gasteiger partial charge is 0.464 e. The van der Waals surface area contributed by atoms with Gasteiger partial charge >= 0.3 is 12.3 Å². The summed E-state index contributed by atoms with van der Waals surface area (Å²) in [6, 6.07) is 5.16. The molecule has 0 saturated carbocycles. The topological polar surface area (TPSA) is 113 Å². The van der Waals surface area contributed by atoms with Gasteiger partial charge in [0, 0.05) is 5.56 Å². The Balaban J connectivity index is 2.61. The molecule has 1 aromatic carbocycles. The fourth-order valence-electron chi connectivity index (χ4n) is 1.78. The van der Waals surface area contributed by atoms with Gasteiger partial charge in [-0.2, -0.15) is 0 Å². The minimum atomic E-state index is -4.91. The van der Waals surface area contributed by atoms with Crippen molar-refractivity contribution in [3.63, 3.8) is 0 Å². The van der Waals surface area contributed by atoms with Crippen molar-refractivity contribution in [3.05, 3.63) is 30.0 Å². The zero-order chi connectivity index (χ0) is 17.2. The van der Waals surface area contributed by atoms with Crippen LogP contribution in [0.4, 0.5) is 24.8 Å². The van der Waals surface area contributed by atoms with Crippen LogP contribution in [0, 0.1) is 0 Å². The van der Waals surface area contributed by atoms with E-state index in [-0.39, 0.29) is 28.6 Å². The molecule has 0 unspecified atom stereocenters. The monoisotopic (exact) mass is 328 g/mol. The fourth-order valence-corrected chi connectivity index (χ4v) is 1.78. The van der Waals surface area contributed by atoms with Crippen LogP contribution in [0.5, 0.6) is 5.75 Å². The molecular formula is C13H11F3N4O3. The molecule has 0 aliphatic rings.